The molecule has 5 heterocycles. The van der Waals surface area contributed by atoms with Gasteiger partial charge in [0.15, 0.2) is 23.5 Å². The second-order valence-corrected chi connectivity index (χ2v) is 12.4. The molecule has 0 aliphatic carbocycles. The predicted octanol–water partition coefficient (Wildman–Crippen LogP) is 2.11. The topological polar surface area (TPSA) is 153 Å². The number of ether oxygens (including phenoxy) is 5. The van der Waals surface area contributed by atoms with Crippen LogP contribution in [0.3, 0.4) is 0 Å². The van der Waals surface area contributed by atoms with Gasteiger partial charge in [0.25, 0.3) is 0 Å². The summed E-state index contributed by atoms with van der Waals surface area (Å²) < 4.78 is 31.2. The van der Waals surface area contributed by atoms with Crippen LogP contribution in [0.5, 0.6) is 0 Å². The largest absolute Gasteiger partial charge is 0.467 e. The minimum absolute atomic E-state index is 0.0235. The molecule has 0 aromatic carbocycles. The number of carbonyl (C=O) groups excluding carboxylic acids is 2. The second-order valence-electron chi connectivity index (χ2n) is 11.1. The predicted molar refractivity (Wildman–Crippen MR) is 137 cm³/mol. The van der Waals surface area contributed by atoms with Crippen LogP contribution in [0.15, 0.2) is 12.7 Å². The van der Waals surface area contributed by atoms with E-state index in [1.54, 1.807) is 43.4 Å². The SMILES string of the molecule is COC(=O)[C@@H]1C[C@H](SC[C@H]2O[C@@H](n3cnc4c(N)ncnc43)[C@@H]3OC(C)(C)O[C@@H]32)CN1C(=O)OC(C)(C)C. The number of nitrogens with two attached hydrogens (primary N) is 1. The van der Waals surface area contributed by atoms with Gasteiger partial charge in [0.2, 0.25) is 0 Å². The zero-order valence-electron chi connectivity index (χ0n) is 22.3. The summed E-state index contributed by atoms with van der Waals surface area (Å²) in [5, 5.41) is -0.0235. The van der Waals surface area contributed by atoms with Gasteiger partial charge >= 0.3 is 12.1 Å². The summed E-state index contributed by atoms with van der Waals surface area (Å²) in [6.07, 6.45) is 1.35. The maximum Gasteiger partial charge on any atom is 0.411 e. The minimum Gasteiger partial charge on any atom is -0.467 e. The number of esters is 1. The van der Waals surface area contributed by atoms with E-state index in [2.05, 4.69) is 15.0 Å². The van der Waals surface area contributed by atoms with E-state index in [4.69, 9.17) is 29.4 Å². The van der Waals surface area contributed by atoms with Gasteiger partial charge in [-0.2, -0.15) is 11.8 Å². The average molecular weight is 551 g/mol. The Hall–Kier alpha value is -2.68. The number of aromatic nitrogens is 4. The lowest BCUT2D eigenvalue weighted by atomic mass is 10.1. The molecule has 2 N–H and O–H groups in total. The Kier molecular flexibility index (Phi) is 6.95. The zero-order chi connectivity index (χ0) is 27.4. The molecule has 2 aromatic rings. The van der Waals surface area contributed by atoms with Crippen molar-refractivity contribution in [1.82, 2.24) is 24.4 Å². The number of fused-ring (bicyclic) bond motifs is 2. The zero-order valence-corrected chi connectivity index (χ0v) is 23.1. The maximum absolute atomic E-state index is 12.8. The molecular weight excluding hydrogens is 516 g/mol. The Morgan fingerprint density at radius 1 is 1.21 bits per heavy atom. The summed E-state index contributed by atoms with van der Waals surface area (Å²) in [6.45, 7) is 9.47. The summed E-state index contributed by atoms with van der Waals surface area (Å²) in [7, 11) is 1.32. The first-order chi connectivity index (χ1) is 17.9. The quantitative estimate of drug-likeness (QED) is 0.542. The number of thioether (sulfide) groups is 1. The number of carbonyl (C=O) groups is 2. The van der Waals surface area contributed by atoms with Crippen molar-refractivity contribution in [1.29, 1.82) is 0 Å². The van der Waals surface area contributed by atoms with Crippen LogP contribution in [0.4, 0.5) is 10.6 Å². The van der Waals surface area contributed by atoms with Crippen LogP contribution in [-0.4, -0.2) is 96.9 Å². The Morgan fingerprint density at radius 3 is 2.66 bits per heavy atom. The van der Waals surface area contributed by atoms with E-state index >= 15 is 0 Å². The highest BCUT2D eigenvalue weighted by Gasteiger charge is 2.56. The van der Waals surface area contributed by atoms with Gasteiger partial charge in [-0.3, -0.25) is 9.47 Å². The molecule has 14 heteroatoms. The van der Waals surface area contributed by atoms with E-state index in [-0.39, 0.29) is 23.3 Å². The maximum atomic E-state index is 12.8. The molecule has 38 heavy (non-hydrogen) atoms. The lowest BCUT2D eigenvalue weighted by Crippen LogP contribution is -2.43. The lowest BCUT2D eigenvalue weighted by molar-refractivity contribution is -0.193. The summed E-state index contributed by atoms with van der Waals surface area (Å²) in [5.74, 6) is -0.405. The molecule has 3 aliphatic rings. The van der Waals surface area contributed by atoms with Crippen molar-refractivity contribution in [2.45, 2.75) is 88.3 Å². The van der Waals surface area contributed by atoms with Gasteiger partial charge in [0.1, 0.15) is 35.7 Å². The summed E-state index contributed by atoms with van der Waals surface area (Å²) >= 11 is 1.62. The van der Waals surface area contributed by atoms with Crippen molar-refractivity contribution in [3.63, 3.8) is 0 Å². The molecule has 3 fully saturated rings. The molecule has 2 aromatic heterocycles. The average Bonchev–Trinajstić information content (AvgIpc) is 3.58. The van der Waals surface area contributed by atoms with Gasteiger partial charge in [-0.1, -0.05) is 0 Å². The third-order valence-electron chi connectivity index (χ3n) is 6.65. The summed E-state index contributed by atoms with van der Waals surface area (Å²) in [6, 6.07) is -0.704. The standard InChI is InChI=1S/C24H34N6O7S/c1-23(2,3)37-22(32)29-8-12(7-13(29)21(31)33-6)38-9-14-16-17(36-24(4,5)35-16)20(34-14)30-11-28-15-18(25)26-10-27-19(15)30/h10-14,16-17,20H,7-9H2,1-6H3,(H2,25,26,27)/t12-,13-,14+,16+,17+,20+/m0/s1. The number of methoxy groups -OCH3 is 1. The number of imidazole rings is 1. The molecule has 0 radical (unpaired) electrons. The first-order valence-electron chi connectivity index (χ1n) is 12.5. The fourth-order valence-electron chi connectivity index (χ4n) is 5.10. The highest BCUT2D eigenvalue weighted by Crippen LogP contribution is 2.45. The normalized spacial score (nSPS) is 30.5. The van der Waals surface area contributed by atoms with Crippen LogP contribution in [0.2, 0.25) is 0 Å². The molecule has 3 aliphatic heterocycles. The third kappa shape index (κ3) is 5.14. The molecule has 0 saturated carbocycles. The molecule has 0 spiro atoms. The van der Waals surface area contributed by atoms with Crippen LogP contribution in [0.1, 0.15) is 47.3 Å². The molecular formula is C24H34N6O7S. The van der Waals surface area contributed by atoms with Gasteiger partial charge in [-0.05, 0) is 41.0 Å². The number of likely N-dealkylation sites (tertiary alicyclic amines) is 1. The number of anilines is 1. The fraction of sp³-hybridized carbons (Fsp3) is 0.708. The van der Waals surface area contributed by atoms with Crippen molar-refractivity contribution >= 4 is 40.8 Å². The lowest BCUT2D eigenvalue weighted by Gasteiger charge is -2.27. The first-order valence-corrected chi connectivity index (χ1v) is 13.5. The van der Waals surface area contributed by atoms with Crippen LogP contribution in [0.25, 0.3) is 11.2 Å². The summed E-state index contributed by atoms with van der Waals surface area (Å²) in [4.78, 5) is 39.5. The summed E-state index contributed by atoms with van der Waals surface area (Å²) in [5.41, 5.74) is 6.34. The van der Waals surface area contributed by atoms with Crippen molar-refractivity contribution in [2.24, 2.45) is 0 Å². The minimum atomic E-state index is -0.790. The molecule has 5 rings (SSSR count). The van der Waals surface area contributed by atoms with Crippen molar-refractivity contribution in [3.8, 4) is 0 Å². The third-order valence-corrected chi connectivity index (χ3v) is 7.98. The molecule has 0 unspecified atom stereocenters. The van der Waals surface area contributed by atoms with E-state index in [0.717, 1.165) is 0 Å². The molecule has 3 saturated heterocycles. The molecule has 0 bridgehead atoms. The number of hydrogen-bond acceptors (Lipinski definition) is 12. The van der Waals surface area contributed by atoms with Gasteiger partial charge in [-0.25, -0.2) is 24.5 Å². The number of hydrogen-bond donors (Lipinski definition) is 1. The second kappa shape index (κ2) is 9.81. The molecule has 1 amide bonds. The van der Waals surface area contributed by atoms with E-state index in [1.165, 1.54) is 18.3 Å². The number of nitrogen functional groups attached to an aromatic ring is 1. The monoisotopic (exact) mass is 550 g/mol. The van der Waals surface area contributed by atoms with Crippen LogP contribution in [-0.2, 0) is 28.5 Å². The Morgan fingerprint density at radius 2 is 1.95 bits per heavy atom. The van der Waals surface area contributed by atoms with Crippen LogP contribution < -0.4 is 5.73 Å². The smallest absolute Gasteiger partial charge is 0.411 e. The van der Waals surface area contributed by atoms with Crippen molar-refractivity contribution < 1.29 is 33.3 Å². The molecule has 13 nitrogen and oxygen atoms in total. The van der Waals surface area contributed by atoms with Gasteiger partial charge in [0.05, 0.1) is 19.5 Å². The Labute approximate surface area is 224 Å². The molecule has 208 valence electrons. The first kappa shape index (κ1) is 26.9. The van der Waals surface area contributed by atoms with Crippen LogP contribution >= 0.6 is 11.8 Å². The number of amides is 1. The number of rotatable bonds is 5. The van der Waals surface area contributed by atoms with Crippen molar-refractivity contribution in [2.75, 3.05) is 25.1 Å². The van der Waals surface area contributed by atoms with Crippen LogP contribution in [0, 0.1) is 0 Å². The fourth-order valence-corrected chi connectivity index (χ4v) is 6.42. The van der Waals surface area contributed by atoms with E-state index in [9.17, 15) is 9.59 Å². The molecule has 6 atom stereocenters. The van der Waals surface area contributed by atoms with E-state index in [1.807, 2.05) is 13.8 Å². The number of nitrogens with zero attached hydrogens (tertiary/aromatic N) is 5. The Bertz CT molecular complexity index is 1220. The highest BCUT2D eigenvalue weighted by atomic mass is 32.2. The van der Waals surface area contributed by atoms with Gasteiger partial charge in [-0.15, -0.1) is 0 Å². The van der Waals surface area contributed by atoms with E-state index in [0.29, 0.717) is 29.9 Å². The van der Waals surface area contributed by atoms with Gasteiger partial charge in [0, 0.05) is 17.5 Å². The van der Waals surface area contributed by atoms with E-state index < -0.39 is 41.8 Å². The van der Waals surface area contributed by atoms with Crippen molar-refractivity contribution in [3.05, 3.63) is 12.7 Å². The Balaban J connectivity index is 1.31. The van der Waals surface area contributed by atoms with Gasteiger partial charge < -0.3 is 29.4 Å². The highest BCUT2D eigenvalue weighted by molar-refractivity contribution is 8.00.